The minimum absolute atomic E-state index is 0.0217. The zero-order valence-corrected chi connectivity index (χ0v) is 18.7. The maximum Gasteiger partial charge on any atom is 0.306 e. The molecule has 0 bridgehead atoms. The second-order valence-electron chi connectivity index (χ2n) is 8.07. The Kier molecular flexibility index (Phi) is 6.99. The highest BCUT2D eigenvalue weighted by atomic mass is 32.1. The van der Waals surface area contributed by atoms with Gasteiger partial charge in [-0.3, -0.25) is 19.2 Å². The molecule has 8 heteroatoms. The molecule has 0 spiro atoms. The first kappa shape index (κ1) is 22.2. The van der Waals surface area contributed by atoms with Gasteiger partial charge in [-0.25, -0.2) is 0 Å². The third-order valence-corrected chi connectivity index (χ3v) is 6.84. The molecule has 2 heterocycles. The van der Waals surface area contributed by atoms with Gasteiger partial charge in [0.05, 0.1) is 11.3 Å². The van der Waals surface area contributed by atoms with Crippen LogP contribution in [0.1, 0.15) is 50.4 Å². The standard InChI is InChI=1S/C24H26N2O5S/c27-20(19-7-6-17-3-1-4-18(17)15-19)8-9-23(29)31-16-22(28)25-10-12-26(13-11-25)24(30)21-5-2-14-32-21/h2,5-7,14-15H,1,3-4,8-13,16H2. The number of carbonyl (C=O) groups is 4. The molecule has 168 valence electrons. The van der Waals surface area contributed by atoms with Gasteiger partial charge in [0.15, 0.2) is 12.4 Å². The van der Waals surface area contributed by atoms with Crippen LogP contribution in [0.4, 0.5) is 0 Å². The number of hydrogen-bond acceptors (Lipinski definition) is 6. The largest absolute Gasteiger partial charge is 0.456 e. The van der Waals surface area contributed by atoms with Crippen LogP contribution in [0.5, 0.6) is 0 Å². The molecule has 2 aromatic rings. The molecule has 32 heavy (non-hydrogen) atoms. The van der Waals surface area contributed by atoms with Crippen LogP contribution < -0.4 is 0 Å². The van der Waals surface area contributed by atoms with Crippen molar-refractivity contribution in [2.75, 3.05) is 32.8 Å². The van der Waals surface area contributed by atoms with E-state index in [4.69, 9.17) is 4.74 Å². The number of amides is 2. The minimum atomic E-state index is -0.556. The van der Waals surface area contributed by atoms with Crippen LogP contribution in [-0.4, -0.2) is 66.2 Å². The van der Waals surface area contributed by atoms with Crippen LogP contribution in [0.25, 0.3) is 0 Å². The Bertz CT molecular complexity index is 1010. The van der Waals surface area contributed by atoms with Gasteiger partial charge in [0.2, 0.25) is 0 Å². The number of aryl methyl sites for hydroxylation is 2. The number of rotatable bonds is 7. The number of hydrogen-bond donors (Lipinski definition) is 0. The average molecular weight is 455 g/mol. The number of thiophene rings is 1. The molecule has 1 aromatic carbocycles. The van der Waals surface area contributed by atoms with Crippen LogP contribution >= 0.6 is 11.3 Å². The lowest BCUT2D eigenvalue weighted by atomic mass is 10.0. The number of carbonyl (C=O) groups excluding carboxylic acids is 4. The van der Waals surface area contributed by atoms with E-state index in [0.29, 0.717) is 36.6 Å². The fourth-order valence-electron chi connectivity index (χ4n) is 4.13. The smallest absolute Gasteiger partial charge is 0.306 e. The first-order chi connectivity index (χ1) is 15.5. The predicted octanol–water partition coefficient (Wildman–Crippen LogP) is 2.73. The van der Waals surface area contributed by atoms with Gasteiger partial charge in [-0.2, -0.15) is 0 Å². The summed E-state index contributed by atoms with van der Waals surface area (Å²) in [6.45, 7) is 1.37. The van der Waals surface area contributed by atoms with E-state index in [-0.39, 0.29) is 37.0 Å². The third-order valence-electron chi connectivity index (χ3n) is 5.98. The maximum absolute atomic E-state index is 12.4. The van der Waals surface area contributed by atoms with E-state index in [1.165, 1.54) is 22.5 Å². The number of nitrogens with zero attached hydrogens (tertiary/aromatic N) is 2. The number of esters is 1. The molecule has 1 aromatic heterocycles. The van der Waals surface area contributed by atoms with Crippen LogP contribution in [0, 0.1) is 0 Å². The quantitative estimate of drug-likeness (QED) is 0.475. The Labute approximate surface area is 191 Å². The number of benzene rings is 1. The number of ketones is 1. The zero-order valence-electron chi connectivity index (χ0n) is 17.9. The van der Waals surface area contributed by atoms with Crippen molar-refractivity contribution in [2.24, 2.45) is 0 Å². The molecule has 2 amide bonds. The molecular weight excluding hydrogens is 428 g/mol. The van der Waals surface area contributed by atoms with Crippen molar-refractivity contribution in [1.82, 2.24) is 9.80 Å². The first-order valence-electron chi connectivity index (χ1n) is 10.9. The van der Waals surface area contributed by atoms with Gasteiger partial charge in [0.1, 0.15) is 0 Å². The average Bonchev–Trinajstić information content (AvgIpc) is 3.52. The summed E-state index contributed by atoms with van der Waals surface area (Å²) in [5, 5.41) is 1.86. The molecular formula is C24H26N2O5S. The predicted molar refractivity (Wildman–Crippen MR) is 120 cm³/mol. The Morgan fingerprint density at radius 1 is 0.906 bits per heavy atom. The summed E-state index contributed by atoms with van der Waals surface area (Å²) >= 11 is 1.40. The van der Waals surface area contributed by atoms with Crippen molar-refractivity contribution in [1.29, 1.82) is 0 Å². The summed E-state index contributed by atoms with van der Waals surface area (Å²) < 4.78 is 5.09. The highest BCUT2D eigenvalue weighted by molar-refractivity contribution is 7.12. The molecule has 0 N–H and O–H groups in total. The normalized spacial score (nSPS) is 15.4. The molecule has 4 rings (SSSR count). The van der Waals surface area contributed by atoms with Gasteiger partial charge in [0, 0.05) is 38.2 Å². The fraction of sp³-hybridized carbons (Fsp3) is 0.417. The van der Waals surface area contributed by atoms with E-state index in [0.717, 1.165) is 19.3 Å². The Morgan fingerprint density at radius 2 is 1.66 bits per heavy atom. The second kappa shape index (κ2) is 10.1. The van der Waals surface area contributed by atoms with Gasteiger partial charge >= 0.3 is 5.97 Å². The van der Waals surface area contributed by atoms with E-state index in [1.807, 2.05) is 29.6 Å². The molecule has 0 atom stereocenters. The summed E-state index contributed by atoms with van der Waals surface area (Å²) in [4.78, 5) is 53.2. The highest BCUT2D eigenvalue weighted by Crippen LogP contribution is 2.23. The second-order valence-corrected chi connectivity index (χ2v) is 9.02. The zero-order chi connectivity index (χ0) is 22.5. The summed E-state index contributed by atoms with van der Waals surface area (Å²) in [7, 11) is 0. The molecule has 1 fully saturated rings. The van der Waals surface area contributed by atoms with Crippen molar-refractivity contribution in [3.63, 3.8) is 0 Å². The lowest BCUT2D eigenvalue weighted by Crippen LogP contribution is -2.51. The Balaban J connectivity index is 1.16. The molecule has 1 saturated heterocycles. The monoisotopic (exact) mass is 454 g/mol. The molecule has 0 radical (unpaired) electrons. The van der Waals surface area contributed by atoms with E-state index in [9.17, 15) is 19.2 Å². The minimum Gasteiger partial charge on any atom is -0.456 e. The Hall–Kier alpha value is -3.00. The van der Waals surface area contributed by atoms with E-state index < -0.39 is 5.97 Å². The van der Waals surface area contributed by atoms with E-state index >= 15 is 0 Å². The van der Waals surface area contributed by atoms with Gasteiger partial charge in [-0.1, -0.05) is 18.2 Å². The van der Waals surface area contributed by atoms with Crippen LogP contribution in [0.2, 0.25) is 0 Å². The summed E-state index contributed by atoms with van der Waals surface area (Å²) in [5.74, 6) is -0.952. The first-order valence-corrected chi connectivity index (χ1v) is 11.8. The van der Waals surface area contributed by atoms with Gasteiger partial charge < -0.3 is 14.5 Å². The Morgan fingerprint density at radius 3 is 2.41 bits per heavy atom. The topological polar surface area (TPSA) is 84.0 Å². The molecule has 7 nitrogen and oxygen atoms in total. The number of piperazine rings is 1. The number of Topliss-reactive ketones (excluding diaryl/α,β-unsaturated/α-hetero) is 1. The van der Waals surface area contributed by atoms with Crippen LogP contribution in [0.3, 0.4) is 0 Å². The molecule has 2 aliphatic rings. The van der Waals surface area contributed by atoms with Gasteiger partial charge in [-0.15, -0.1) is 11.3 Å². The van der Waals surface area contributed by atoms with Crippen molar-refractivity contribution >= 4 is 34.9 Å². The number of ether oxygens (including phenoxy) is 1. The van der Waals surface area contributed by atoms with Crippen LogP contribution in [0.15, 0.2) is 35.7 Å². The highest BCUT2D eigenvalue weighted by Gasteiger charge is 2.26. The lowest BCUT2D eigenvalue weighted by molar-refractivity contribution is -0.152. The SMILES string of the molecule is O=C(CCC(=O)c1ccc2c(c1)CCC2)OCC(=O)N1CCN(C(=O)c2cccs2)CC1. The summed E-state index contributed by atoms with van der Waals surface area (Å²) in [5.41, 5.74) is 3.15. The summed E-state index contributed by atoms with van der Waals surface area (Å²) in [6, 6.07) is 9.39. The molecule has 0 unspecified atom stereocenters. The molecule has 0 saturated carbocycles. The van der Waals surface area contributed by atoms with Gasteiger partial charge in [-0.05, 0) is 47.9 Å². The van der Waals surface area contributed by atoms with Crippen molar-refractivity contribution < 1.29 is 23.9 Å². The maximum atomic E-state index is 12.4. The van der Waals surface area contributed by atoms with Crippen molar-refractivity contribution in [3.8, 4) is 0 Å². The molecule has 1 aliphatic heterocycles. The van der Waals surface area contributed by atoms with E-state index in [1.54, 1.807) is 15.9 Å². The third kappa shape index (κ3) is 5.24. The number of fused-ring (bicyclic) bond motifs is 1. The molecule has 1 aliphatic carbocycles. The van der Waals surface area contributed by atoms with Crippen molar-refractivity contribution in [3.05, 3.63) is 57.3 Å². The van der Waals surface area contributed by atoms with E-state index in [2.05, 4.69) is 0 Å². The van der Waals surface area contributed by atoms with Gasteiger partial charge in [0.25, 0.3) is 11.8 Å². The fourth-order valence-corrected chi connectivity index (χ4v) is 4.82. The van der Waals surface area contributed by atoms with Crippen molar-refractivity contribution in [2.45, 2.75) is 32.1 Å². The van der Waals surface area contributed by atoms with Crippen LogP contribution in [-0.2, 0) is 27.2 Å². The summed E-state index contributed by atoms with van der Waals surface area (Å²) in [6.07, 6.45) is 3.19. The lowest BCUT2D eigenvalue weighted by Gasteiger charge is -2.34.